The number of carbonyl (C=O) groups excluding carboxylic acids is 1. The Balaban J connectivity index is 2.36. The van der Waals surface area contributed by atoms with Crippen molar-refractivity contribution in [3.8, 4) is 11.5 Å². The first kappa shape index (κ1) is 14.6. The molecule has 0 bridgehead atoms. The summed E-state index contributed by atoms with van der Waals surface area (Å²) in [5, 5.41) is 0. The van der Waals surface area contributed by atoms with Crippen molar-refractivity contribution in [2.75, 3.05) is 13.7 Å². The minimum Gasteiger partial charge on any atom is -0.496 e. The van der Waals surface area contributed by atoms with E-state index >= 15 is 0 Å². The van der Waals surface area contributed by atoms with Crippen LogP contribution in [0.15, 0.2) is 46.9 Å². The highest BCUT2D eigenvalue weighted by Crippen LogP contribution is 2.28. The van der Waals surface area contributed by atoms with E-state index in [1.54, 1.807) is 37.4 Å². The van der Waals surface area contributed by atoms with Gasteiger partial charge in [-0.25, -0.2) is 0 Å². The van der Waals surface area contributed by atoms with Crippen molar-refractivity contribution in [3.05, 3.63) is 58.1 Å². The molecule has 0 saturated heterocycles. The fourth-order valence-corrected chi connectivity index (χ4v) is 2.40. The number of benzene rings is 2. The van der Waals surface area contributed by atoms with E-state index in [4.69, 9.17) is 9.47 Å². The molecule has 2 aromatic carbocycles. The van der Waals surface area contributed by atoms with Gasteiger partial charge in [0.15, 0.2) is 5.78 Å². The zero-order valence-corrected chi connectivity index (χ0v) is 12.9. The number of rotatable bonds is 5. The van der Waals surface area contributed by atoms with Crippen molar-refractivity contribution in [2.45, 2.75) is 6.92 Å². The van der Waals surface area contributed by atoms with Crippen molar-refractivity contribution in [1.29, 1.82) is 0 Å². The van der Waals surface area contributed by atoms with Gasteiger partial charge in [0.1, 0.15) is 11.5 Å². The number of ketones is 1. The van der Waals surface area contributed by atoms with Crippen molar-refractivity contribution in [3.63, 3.8) is 0 Å². The standard InChI is InChI=1S/C16H15BrO3/c1-3-20-15-9-8-11(10-13(15)17)16(18)12-6-4-5-7-14(12)19-2/h4-10H,3H2,1-2H3. The monoisotopic (exact) mass is 334 g/mol. The number of ether oxygens (including phenoxy) is 2. The van der Waals surface area contributed by atoms with E-state index in [2.05, 4.69) is 15.9 Å². The van der Waals surface area contributed by atoms with Crippen LogP contribution in [0.3, 0.4) is 0 Å². The Kier molecular flexibility index (Phi) is 4.79. The fourth-order valence-electron chi connectivity index (χ4n) is 1.90. The zero-order valence-electron chi connectivity index (χ0n) is 11.4. The predicted molar refractivity (Wildman–Crippen MR) is 81.7 cm³/mol. The highest BCUT2D eigenvalue weighted by atomic mass is 79.9. The van der Waals surface area contributed by atoms with Gasteiger partial charge in [0.2, 0.25) is 0 Å². The van der Waals surface area contributed by atoms with Gasteiger partial charge in [-0.3, -0.25) is 4.79 Å². The molecule has 0 fully saturated rings. The average molecular weight is 335 g/mol. The smallest absolute Gasteiger partial charge is 0.196 e. The van der Waals surface area contributed by atoms with Gasteiger partial charge in [0.05, 0.1) is 23.8 Å². The van der Waals surface area contributed by atoms with E-state index < -0.39 is 0 Å². The third-order valence-electron chi connectivity index (χ3n) is 2.85. The van der Waals surface area contributed by atoms with Crippen LogP contribution in [0.4, 0.5) is 0 Å². The molecule has 0 aliphatic carbocycles. The number of hydrogen-bond acceptors (Lipinski definition) is 3. The molecule has 0 amide bonds. The minimum absolute atomic E-state index is 0.0776. The van der Waals surface area contributed by atoms with E-state index in [-0.39, 0.29) is 5.78 Å². The Labute approximate surface area is 126 Å². The second kappa shape index (κ2) is 6.57. The number of hydrogen-bond donors (Lipinski definition) is 0. The molecule has 104 valence electrons. The highest BCUT2D eigenvalue weighted by Gasteiger charge is 2.15. The van der Waals surface area contributed by atoms with Gasteiger partial charge in [0, 0.05) is 5.56 Å². The van der Waals surface area contributed by atoms with Gasteiger partial charge in [-0.1, -0.05) is 12.1 Å². The van der Waals surface area contributed by atoms with Crippen LogP contribution in [-0.4, -0.2) is 19.5 Å². The maximum absolute atomic E-state index is 12.5. The summed E-state index contributed by atoms with van der Waals surface area (Å²) in [5.41, 5.74) is 1.14. The Morgan fingerprint density at radius 1 is 1.15 bits per heavy atom. The predicted octanol–water partition coefficient (Wildman–Crippen LogP) is 4.09. The molecule has 0 N–H and O–H groups in total. The van der Waals surface area contributed by atoms with E-state index in [0.29, 0.717) is 23.5 Å². The SMILES string of the molecule is CCOc1ccc(C(=O)c2ccccc2OC)cc1Br. The summed E-state index contributed by atoms with van der Waals surface area (Å²) in [6.07, 6.45) is 0. The van der Waals surface area contributed by atoms with Crippen LogP contribution < -0.4 is 9.47 Å². The average Bonchev–Trinajstić information content (AvgIpc) is 2.48. The largest absolute Gasteiger partial charge is 0.496 e. The molecule has 0 atom stereocenters. The molecule has 4 heteroatoms. The molecule has 0 saturated carbocycles. The van der Waals surface area contributed by atoms with Crippen LogP contribution in [0.2, 0.25) is 0 Å². The molecule has 2 aromatic rings. The minimum atomic E-state index is -0.0776. The summed E-state index contributed by atoms with van der Waals surface area (Å²) in [6.45, 7) is 2.50. The van der Waals surface area contributed by atoms with Crippen LogP contribution in [0.25, 0.3) is 0 Å². The Hall–Kier alpha value is -1.81. The Morgan fingerprint density at radius 2 is 1.90 bits per heavy atom. The topological polar surface area (TPSA) is 35.5 Å². The number of carbonyl (C=O) groups is 1. The van der Waals surface area contributed by atoms with Crippen LogP contribution in [-0.2, 0) is 0 Å². The third-order valence-corrected chi connectivity index (χ3v) is 3.47. The first-order valence-electron chi connectivity index (χ1n) is 6.27. The molecule has 20 heavy (non-hydrogen) atoms. The van der Waals surface area contributed by atoms with Crippen molar-refractivity contribution in [2.24, 2.45) is 0 Å². The summed E-state index contributed by atoms with van der Waals surface area (Å²) in [5.74, 6) is 1.22. The molecule has 2 rings (SSSR count). The second-order valence-electron chi connectivity index (χ2n) is 4.11. The van der Waals surface area contributed by atoms with Crippen LogP contribution in [0, 0.1) is 0 Å². The van der Waals surface area contributed by atoms with E-state index in [1.165, 1.54) is 0 Å². The van der Waals surface area contributed by atoms with E-state index in [1.807, 2.05) is 19.1 Å². The van der Waals surface area contributed by atoms with Gasteiger partial charge < -0.3 is 9.47 Å². The lowest BCUT2D eigenvalue weighted by Gasteiger charge is -2.09. The summed E-state index contributed by atoms with van der Waals surface area (Å²) < 4.78 is 11.4. The molecule has 0 aromatic heterocycles. The van der Waals surface area contributed by atoms with Gasteiger partial charge in [-0.2, -0.15) is 0 Å². The third kappa shape index (κ3) is 3.02. The molecule has 0 spiro atoms. The highest BCUT2D eigenvalue weighted by molar-refractivity contribution is 9.10. The van der Waals surface area contributed by atoms with Crippen molar-refractivity contribution < 1.29 is 14.3 Å². The number of para-hydroxylation sites is 1. The quantitative estimate of drug-likeness (QED) is 0.772. The maximum Gasteiger partial charge on any atom is 0.196 e. The van der Waals surface area contributed by atoms with Gasteiger partial charge in [-0.05, 0) is 53.2 Å². The Morgan fingerprint density at radius 3 is 2.55 bits per heavy atom. The summed E-state index contributed by atoms with van der Waals surface area (Å²) in [6, 6.07) is 12.5. The van der Waals surface area contributed by atoms with Gasteiger partial charge >= 0.3 is 0 Å². The van der Waals surface area contributed by atoms with Crippen LogP contribution in [0.5, 0.6) is 11.5 Å². The fraction of sp³-hybridized carbons (Fsp3) is 0.188. The zero-order chi connectivity index (χ0) is 14.5. The molecule has 0 aliphatic rings. The molecule has 0 aliphatic heterocycles. The first-order valence-corrected chi connectivity index (χ1v) is 7.06. The van der Waals surface area contributed by atoms with E-state index in [9.17, 15) is 4.79 Å². The Bertz CT molecular complexity index is 623. The maximum atomic E-state index is 12.5. The molecular weight excluding hydrogens is 320 g/mol. The summed E-state index contributed by atoms with van der Waals surface area (Å²) in [7, 11) is 1.56. The second-order valence-corrected chi connectivity index (χ2v) is 4.96. The molecule has 3 nitrogen and oxygen atoms in total. The number of halogens is 1. The van der Waals surface area contributed by atoms with Crippen molar-refractivity contribution >= 4 is 21.7 Å². The van der Waals surface area contributed by atoms with Crippen LogP contribution >= 0.6 is 15.9 Å². The summed E-state index contributed by atoms with van der Waals surface area (Å²) >= 11 is 3.42. The molecule has 0 radical (unpaired) electrons. The normalized spacial score (nSPS) is 10.2. The number of methoxy groups -OCH3 is 1. The van der Waals surface area contributed by atoms with Gasteiger partial charge in [-0.15, -0.1) is 0 Å². The summed E-state index contributed by atoms with van der Waals surface area (Å²) in [4.78, 5) is 12.5. The molecular formula is C16H15BrO3. The van der Waals surface area contributed by atoms with E-state index in [0.717, 1.165) is 10.2 Å². The molecule has 0 unspecified atom stereocenters. The lowest BCUT2D eigenvalue weighted by molar-refractivity contribution is 0.103. The first-order chi connectivity index (χ1) is 9.67. The van der Waals surface area contributed by atoms with Crippen LogP contribution in [0.1, 0.15) is 22.8 Å². The lowest BCUT2D eigenvalue weighted by atomic mass is 10.0. The van der Waals surface area contributed by atoms with Gasteiger partial charge in [0.25, 0.3) is 0 Å². The lowest BCUT2D eigenvalue weighted by Crippen LogP contribution is -2.04. The van der Waals surface area contributed by atoms with Crippen molar-refractivity contribution in [1.82, 2.24) is 0 Å². The molecule has 0 heterocycles.